The monoisotopic (exact) mass is 403 g/mol. The third-order valence-electron chi connectivity index (χ3n) is 5.21. The third-order valence-corrected chi connectivity index (χ3v) is 5.77. The van der Waals surface area contributed by atoms with Gasteiger partial charge in [0.15, 0.2) is 0 Å². The first-order valence-corrected chi connectivity index (χ1v) is 9.05. The zero-order valence-corrected chi connectivity index (χ0v) is 15.3. The molecule has 0 unspecified atom stereocenters. The van der Waals surface area contributed by atoms with Gasteiger partial charge in [0, 0.05) is 27.6 Å². The molecule has 4 rings (SSSR count). The van der Waals surface area contributed by atoms with Crippen molar-refractivity contribution in [2.45, 2.75) is 18.4 Å². The summed E-state index contributed by atoms with van der Waals surface area (Å²) in [4.78, 5) is 22.7. The Morgan fingerprint density at radius 3 is 2.67 bits per heavy atom. The van der Waals surface area contributed by atoms with Crippen LogP contribution in [0, 0.1) is 16.0 Å². The van der Waals surface area contributed by atoms with Gasteiger partial charge in [0.2, 0.25) is 0 Å². The lowest BCUT2D eigenvalue weighted by Crippen LogP contribution is -2.33. The van der Waals surface area contributed by atoms with Gasteiger partial charge >= 0.3 is 0 Å². The molecule has 2 aromatic carbocycles. The van der Waals surface area contributed by atoms with Crippen LogP contribution in [-0.4, -0.2) is 10.9 Å². The lowest BCUT2D eigenvalue weighted by molar-refractivity contribution is -0.385. The summed E-state index contributed by atoms with van der Waals surface area (Å²) in [6.07, 6.45) is 4.54. The van der Waals surface area contributed by atoms with Gasteiger partial charge in [-0.05, 0) is 36.1 Å². The van der Waals surface area contributed by atoms with Gasteiger partial charge in [-0.15, -0.1) is 0 Å². The Labute approximate surface area is 164 Å². The molecule has 1 aliphatic carbocycles. The number of carboxylic acid groups (broad SMARTS) is 1. The SMILES string of the molecule is O=C([O-])c1ccc([N+](=O)[O-])c2c1N[C@H](c1ccc(Cl)cc1Cl)[C@@H]1CC=C[C@H]21. The van der Waals surface area contributed by atoms with Gasteiger partial charge in [-0.2, -0.15) is 0 Å². The first-order valence-electron chi connectivity index (χ1n) is 8.29. The smallest absolute Gasteiger partial charge is 0.275 e. The van der Waals surface area contributed by atoms with Gasteiger partial charge in [-0.25, -0.2) is 0 Å². The van der Waals surface area contributed by atoms with E-state index >= 15 is 0 Å². The van der Waals surface area contributed by atoms with E-state index in [9.17, 15) is 20.0 Å². The summed E-state index contributed by atoms with van der Waals surface area (Å²) in [5.74, 6) is -1.72. The Hall–Kier alpha value is -2.57. The summed E-state index contributed by atoms with van der Waals surface area (Å²) in [5, 5.41) is 27.3. The summed E-state index contributed by atoms with van der Waals surface area (Å²) in [7, 11) is 0. The van der Waals surface area contributed by atoms with Crippen LogP contribution in [0.1, 0.15) is 39.9 Å². The molecule has 2 aromatic rings. The van der Waals surface area contributed by atoms with Crippen LogP contribution in [0.5, 0.6) is 0 Å². The quantitative estimate of drug-likeness (QED) is 0.472. The Balaban J connectivity index is 1.93. The van der Waals surface area contributed by atoms with Crippen LogP contribution in [0.25, 0.3) is 0 Å². The molecule has 0 spiro atoms. The molecule has 2 aliphatic rings. The highest BCUT2D eigenvalue weighted by atomic mass is 35.5. The lowest BCUT2D eigenvalue weighted by atomic mass is 9.75. The van der Waals surface area contributed by atoms with Crippen LogP contribution < -0.4 is 10.4 Å². The number of nitrogens with zero attached hydrogens (tertiary/aromatic N) is 1. The number of fused-ring (bicyclic) bond motifs is 3. The first kappa shape index (κ1) is 17.8. The minimum absolute atomic E-state index is 0.0353. The van der Waals surface area contributed by atoms with Gasteiger partial charge in [0.25, 0.3) is 5.69 Å². The number of anilines is 1. The number of carbonyl (C=O) groups excluding carboxylic acids is 1. The number of allylic oxidation sites excluding steroid dienone is 2. The maximum absolute atomic E-state index is 11.6. The number of halogens is 2. The number of hydrogen-bond acceptors (Lipinski definition) is 5. The molecule has 1 heterocycles. The Bertz CT molecular complexity index is 1010. The fraction of sp³-hybridized carbons (Fsp3) is 0.211. The highest BCUT2D eigenvalue weighted by molar-refractivity contribution is 6.35. The number of aromatic carboxylic acids is 1. The van der Waals surface area contributed by atoms with Crippen LogP contribution in [0.3, 0.4) is 0 Å². The van der Waals surface area contributed by atoms with Gasteiger partial charge in [0.1, 0.15) is 0 Å². The van der Waals surface area contributed by atoms with E-state index < -0.39 is 10.9 Å². The van der Waals surface area contributed by atoms with E-state index in [1.807, 2.05) is 12.2 Å². The number of rotatable bonds is 3. The van der Waals surface area contributed by atoms with E-state index in [4.69, 9.17) is 23.2 Å². The molecule has 1 N–H and O–H groups in total. The average Bonchev–Trinajstić information content (AvgIpc) is 3.09. The standard InChI is InChI=1S/C19H14Cl2N2O4/c20-9-4-5-12(14(21)8-9)17-11-3-1-2-10(11)16-15(23(26)27)7-6-13(19(24)25)18(16)22-17/h1-2,4-8,10-11,17,22H,3H2,(H,24,25)/p-1/t10-,11+,17-/m0/s1. The molecule has 27 heavy (non-hydrogen) atoms. The fourth-order valence-corrected chi connectivity index (χ4v) is 4.61. The number of hydrogen-bond donors (Lipinski definition) is 1. The second-order valence-corrected chi connectivity index (χ2v) is 7.45. The molecular weight excluding hydrogens is 391 g/mol. The molecule has 0 saturated carbocycles. The van der Waals surface area contributed by atoms with E-state index in [1.165, 1.54) is 12.1 Å². The Morgan fingerprint density at radius 1 is 1.22 bits per heavy atom. The first-order chi connectivity index (χ1) is 12.9. The van der Waals surface area contributed by atoms with Crippen molar-refractivity contribution in [3.8, 4) is 0 Å². The van der Waals surface area contributed by atoms with E-state index in [0.29, 0.717) is 22.0 Å². The van der Waals surface area contributed by atoms with Gasteiger partial charge in [-0.1, -0.05) is 41.4 Å². The Morgan fingerprint density at radius 2 is 2.00 bits per heavy atom. The lowest BCUT2D eigenvalue weighted by Gasteiger charge is -2.38. The molecule has 0 amide bonds. The largest absolute Gasteiger partial charge is 0.545 e. The molecule has 0 aromatic heterocycles. The second kappa shape index (κ2) is 6.55. The van der Waals surface area contributed by atoms with Gasteiger partial charge in [0.05, 0.1) is 28.2 Å². The summed E-state index contributed by atoms with van der Waals surface area (Å²) < 4.78 is 0. The summed E-state index contributed by atoms with van der Waals surface area (Å²) in [5.41, 5.74) is 1.14. The molecule has 0 radical (unpaired) electrons. The highest BCUT2D eigenvalue weighted by Crippen LogP contribution is 2.54. The highest BCUT2D eigenvalue weighted by Gasteiger charge is 2.43. The second-order valence-electron chi connectivity index (χ2n) is 6.61. The maximum Gasteiger partial charge on any atom is 0.275 e. The van der Waals surface area contributed by atoms with Crippen molar-refractivity contribution >= 4 is 40.5 Å². The molecule has 138 valence electrons. The zero-order valence-electron chi connectivity index (χ0n) is 13.8. The third kappa shape index (κ3) is 2.85. The minimum Gasteiger partial charge on any atom is -0.545 e. The number of nitro benzene ring substituents is 1. The number of nitro groups is 1. The number of carbonyl (C=O) groups is 1. The van der Waals surface area contributed by atoms with E-state index in [-0.39, 0.29) is 34.8 Å². The van der Waals surface area contributed by atoms with Crippen LogP contribution in [0.4, 0.5) is 11.4 Å². The van der Waals surface area contributed by atoms with E-state index in [2.05, 4.69) is 5.32 Å². The zero-order chi connectivity index (χ0) is 19.3. The van der Waals surface area contributed by atoms with Gasteiger partial charge in [-0.3, -0.25) is 10.1 Å². The van der Waals surface area contributed by atoms with Crippen molar-refractivity contribution in [1.82, 2.24) is 0 Å². The molecule has 0 bridgehead atoms. The molecule has 1 aliphatic heterocycles. The van der Waals surface area contributed by atoms with Crippen molar-refractivity contribution in [3.05, 3.63) is 79.3 Å². The topological polar surface area (TPSA) is 95.3 Å². The Kier molecular flexibility index (Phi) is 4.32. The molecule has 8 heteroatoms. The van der Waals surface area contributed by atoms with E-state index in [0.717, 1.165) is 5.56 Å². The number of carboxylic acids is 1. The van der Waals surface area contributed by atoms with Crippen LogP contribution in [0.2, 0.25) is 10.0 Å². The van der Waals surface area contributed by atoms with Crippen molar-refractivity contribution in [3.63, 3.8) is 0 Å². The van der Waals surface area contributed by atoms with Crippen molar-refractivity contribution in [2.75, 3.05) is 5.32 Å². The molecule has 6 nitrogen and oxygen atoms in total. The fourth-order valence-electron chi connectivity index (χ4n) is 4.08. The average molecular weight is 404 g/mol. The molecule has 3 atom stereocenters. The van der Waals surface area contributed by atoms with Crippen molar-refractivity contribution in [1.29, 1.82) is 0 Å². The summed E-state index contributed by atoms with van der Waals surface area (Å²) in [6.45, 7) is 0. The minimum atomic E-state index is -1.39. The summed E-state index contributed by atoms with van der Waals surface area (Å²) >= 11 is 12.4. The van der Waals surface area contributed by atoms with Crippen molar-refractivity contribution < 1.29 is 14.8 Å². The predicted octanol–water partition coefficient (Wildman–Crippen LogP) is 4.09. The summed E-state index contributed by atoms with van der Waals surface area (Å²) in [6, 6.07) is 7.24. The van der Waals surface area contributed by atoms with Crippen LogP contribution >= 0.6 is 23.2 Å². The maximum atomic E-state index is 11.6. The number of nitrogens with one attached hydrogen (secondary N) is 1. The van der Waals surface area contributed by atoms with Crippen LogP contribution in [-0.2, 0) is 0 Å². The van der Waals surface area contributed by atoms with Crippen LogP contribution in [0.15, 0.2) is 42.5 Å². The van der Waals surface area contributed by atoms with Crippen molar-refractivity contribution in [2.24, 2.45) is 5.92 Å². The number of benzene rings is 2. The van der Waals surface area contributed by atoms with Gasteiger partial charge < -0.3 is 15.2 Å². The molecule has 0 saturated heterocycles. The normalized spacial score (nSPS) is 22.7. The predicted molar refractivity (Wildman–Crippen MR) is 100 cm³/mol. The van der Waals surface area contributed by atoms with E-state index in [1.54, 1.807) is 18.2 Å². The molecule has 0 fully saturated rings. The molecular formula is C19H13Cl2N2O4-.